The molecular weight excluding hydrogens is 368 g/mol. The first-order valence-electron chi connectivity index (χ1n) is 11.1. The van der Waals surface area contributed by atoms with Gasteiger partial charge in [-0.25, -0.2) is 0 Å². The maximum absolute atomic E-state index is 11.7. The van der Waals surface area contributed by atoms with Crippen LogP contribution in [0.3, 0.4) is 0 Å². The summed E-state index contributed by atoms with van der Waals surface area (Å²) in [6, 6.07) is 0. The molecule has 0 aromatic carbocycles. The molecule has 4 rings (SSSR count). The third kappa shape index (κ3) is 2.89. The number of oxime groups is 2. The van der Waals surface area contributed by atoms with E-state index in [-0.39, 0.29) is 17.4 Å². The molecule has 6 nitrogen and oxygen atoms in total. The lowest BCUT2D eigenvalue weighted by molar-refractivity contribution is -0.0966. The van der Waals surface area contributed by atoms with Gasteiger partial charge < -0.3 is 19.9 Å². The first-order valence-corrected chi connectivity index (χ1v) is 11.1. The Morgan fingerprint density at radius 3 is 2.52 bits per heavy atom. The van der Waals surface area contributed by atoms with Gasteiger partial charge in [-0.15, -0.1) is 0 Å². The standard InChI is InChI=1S/C23H36N2O4/c1-21-10-7-16(24-28-3)13-15(21)5-6-17-18(21)8-11-22(2)19(17)9-12-23(22,27)20(14-26)25-29-4/h13,17-19,26-27H,5-12,14H2,1-4H3. The summed E-state index contributed by atoms with van der Waals surface area (Å²) in [6.07, 6.45) is 10.4. The molecule has 2 N–H and O–H groups in total. The molecule has 6 unspecified atom stereocenters. The molecule has 0 saturated heterocycles. The Labute approximate surface area is 174 Å². The number of rotatable bonds is 4. The number of nitrogens with zero attached hydrogens (tertiary/aromatic N) is 2. The van der Waals surface area contributed by atoms with E-state index in [4.69, 9.17) is 9.68 Å². The molecule has 0 aromatic rings. The molecule has 4 aliphatic rings. The highest BCUT2D eigenvalue weighted by atomic mass is 16.6. The predicted molar refractivity (Wildman–Crippen MR) is 113 cm³/mol. The first-order chi connectivity index (χ1) is 13.8. The molecule has 0 aliphatic heterocycles. The third-order valence-corrected chi connectivity index (χ3v) is 9.17. The molecule has 0 amide bonds. The summed E-state index contributed by atoms with van der Waals surface area (Å²) < 4.78 is 0. The topological polar surface area (TPSA) is 83.6 Å². The summed E-state index contributed by atoms with van der Waals surface area (Å²) in [4.78, 5) is 9.98. The maximum atomic E-state index is 11.7. The van der Waals surface area contributed by atoms with Crippen LogP contribution in [0.1, 0.15) is 65.2 Å². The van der Waals surface area contributed by atoms with Gasteiger partial charge >= 0.3 is 0 Å². The summed E-state index contributed by atoms with van der Waals surface area (Å²) in [5.74, 6) is 1.70. The molecular formula is C23H36N2O4. The summed E-state index contributed by atoms with van der Waals surface area (Å²) in [7, 11) is 3.09. The number of aliphatic hydroxyl groups excluding tert-OH is 1. The van der Waals surface area contributed by atoms with Crippen LogP contribution in [0.4, 0.5) is 0 Å². The molecule has 6 atom stereocenters. The molecule has 0 aromatic heterocycles. The minimum atomic E-state index is -1.07. The van der Waals surface area contributed by atoms with Gasteiger partial charge in [-0.05, 0) is 80.6 Å². The van der Waals surface area contributed by atoms with E-state index in [1.807, 2.05) is 0 Å². The second kappa shape index (κ2) is 7.38. The number of hydrogen-bond donors (Lipinski definition) is 2. The molecule has 0 bridgehead atoms. The fourth-order valence-electron chi connectivity index (χ4n) is 7.60. The van der Waals surface area contributed by atoms with Gasteiger partial charge in [-0.2, -0.15) is 0 Å². The highest BCUT2D eigenvalue weighted by Crippen LogP contribution is 2.67. The molecule has 0 heterocycles. The zero-order chi connectivity index (χ0) is 20.9. The third-order valence-electron chi connectivity index (χ3n) is 9.17. The van der Waals surface area contributed by atoms with Crippen LogP contribution in [0.25, 0.3) is 0 Å². The average molecular weight is 405 g/mol. The van der Waals surface area contributed by atoms with Gasteiger partial charge in [0.05, 0.1) is 12.3 Å². The lowest BCUT2D eigenvalue weighted by Crippen LogP contribution is -2.58. The van der Waals surface area contributed by atoms with Gasteiger partial charge in [0.2, 0.25) is 0 Å². The quantitative estimate of drug-likeness (QED) is 0.553. The largest absolute Gasteiger partial charge is 0.399 e. The Balaban J connectivity index is 1.65. The van der Waals surface area contributed by atoms with Crippen LogP contribution >= 0.6 is 0 Å². The highest BCUT2D eigenvalue weighted by molar-refractivity contribution is 5.96. The van der Waals surface area contributed by atoms with Crippen LogP contribution in [0, 0.1) is 28.6 Å². The van der Waals surface area contributed by atoms with Gasteiger partial charge in [-0.3, -0.25) is 0 Å². The molecule has 0 spiro atoms. The van der Waals surface area contributed by atoms with E-state index in [0.29, 0.717) is 29.9 Å². The minimum absolute atomic E-state index is 0.220. The van der Waals surface area contributed by atoms with Crippen LogP contribution in [-0.4, -0.2) is 48.1 Å². The lowest BCUT2D eigenvalue weighted by atomic mass is 9.46. The Kier molecular flexibility index (Phi) is 5.31. The second-order valence-corrected chi connectivity index (χ2v) is 10.0. The van der Waals surface area contributed by atoms with E-state index < -0.39 is 5.60 Å². The average Bonchev–Trinajstić information content (AvgIpc) is 2.98. The van der Waals surface area contributed by atoms with Gasteiger partial charge in [0.15, 0.2) is 0 Å². The smallest absolute Gasteiger partial charge is 0.115 e. The molecule has 162 valence electrons. The summed E-state index contributed by atoms with van der Waals surface area (Å²) in [6.45, 7) is 4.42. The van der Waals surface area contributed by atoms with Gasteiger partial charge in [0, 0.05) is 5.41 Å². The lowest BCUT2D eigenvalue weighted by Gasteiger charge is -2.59. The van der Waals surface area contributed by atoms with Crippen molar-refractivity contribution >= 4 is 11.4 Å². The Morgan fingerprint density at radius 1 is 1.07 bits per heavy atom. The van der Waals surface area contributed by atoms with Crippen molar-refractivity contribution in [2.75, 3.05) is 20.8 Å². The van der Waals surface area contributed by atoms with Gasteiger partial charge in [0.1, 0.15) is 25.5 Å². The summed E-state index contributed by atoms with van der Waals surface area (Å²) in [5, 5.41) is 29.8. The van der Waals surface area contributed by atoms with Crippen molar-refractivity contribution in [2.45, 2.75) is 70.8 Å². The van der Waals surface area contributed by atoms with E-state index in [1.165, 1.54) is 19.1 Å². The first kappa shape index (κ1) is 20.9. The van der Waals surface area contributed by atoms with Crippen molar-refractivity contribution in [3.8, 4) is 0 Å². The SMILES string of the molecule is CON=C1C=C2CCC3C(CCC4(C)C3CCC4(O)C(CO)=NOC)C2(C)CC1. The van der Waals surface area contributed by atoms with Crippen LogP contribution in [0.2, 0.25) is 0 Å². The van der Waals surface area contributed by atoms with Gasteiger partial charge in [-0.1, -0.05) is 29.7 Å². The van der Waals surface area contributed by atoms with Crippen molar-refractivity contribution in [3.05, 3.63) is 11.6 Å². The van der Waals surface area contributed by atoms with Crippen LogP contribution in [-0.2, 0) is 9.68 Å². The van der Waals surface area contributed by atoms with E-state index in [9.17, 15) is 10.2 Å². The fourth-order valence-corrected chi connectivity index (χ4v) is 7.60. The van der Waals surface area contributed by atoms with Crippen molar-refractivity contribution in [1.29, 1.82) is 0 Å². The van der Waals surface area contributed by atoms with Crippen molar-refractivity contribution in [1.82, 2.24) is 0 Å². The van der Waals surface area contributed by atoms with Crippen molar-refractivity contribution in [3.63, 3.8) is 0 Å². The zero-order valence-corrected chi connectivity index (χ0v) is 18.3. The van der Waals surface area contributed by atoms with E-state index in [1.54, 1.807) is 7.11 Å². The predicted octanol–water partition coefficient (Wildman–Crippen LogP) is 3.68. The molecule has 3 saturated carbocycles. The van der Waals surface area contributed by atoms with Crippen molar-refractivity contribution < 1.29 is 19.9 Å². The molecule has 4 aliphatic carbocycles. The highest BCUT2D eigenvalue weighted by Gasteiger charge is 2.65. The molecule has 29 heavy (non-hydrogen) atoms. The Bertz CT molecular complexity index is 747. The number of allylic oxidation sites excluding steroid dienone is 2. The Hall–Kier alpha value is -1.40. The van der Waals surface area contributed by atoms with Crippen molar-refractivity contribution in [2.24, 2.45) is 38.9 Å². The zero-order valence-electron chi connectivity index (χ0n) is 18.3. The number of aliphatic hydroxyl groups is 2. The summed E-state index contributed by atoms with van der Waals surface area (Å²) in [5.41, 5.74) is 1.88. The molecule has 0 radical (unpaired) electrons. The number of hydrogen-bond acceptors (Lipinski definition) is 6. The van der Waals surface area contributed by atoms with E-state index in [2.05, 4.69) is 30.2 Å². The van der Waals surface area contributed by atoms with Crippen LogP contribution in [0.15, 0.2) is 22.0 Å². The maximum Gasteiger partial charge on any atom is 0.115 e. The molecule has 3 fully saturated rings. The van der Waals surface area contributed by atoms with Gasteiger partial charge in [0.25, 0.3) is 0 Å². The summed E-state index contributed by atoms with van der Waals surface area (Å²) >= 11 is 0. The van der Waals surface area contributed by atoms with Crippen LogP contribution < -0.4 is 0 Å². The normalized spacial score (nSPS) is 45.9. The van der Waals surface area contributed by atoms with E-state index >= 15 is 0 Å². The van der Waals surface area contributed by atoms with Crippen LogP contribution in [0.5, 0.6) is 0 Å². The minimum Gasteiger partial charge on any atom is -0.399 e. The Morgan fingerprint density at radius 2 is 1.83 bits per heavy atom. The molecule has 6 heteroatoms. The fraction of sp³-hybridized carbons (Fsp3) is 0.826. The monoisotopic (exact) mass is 404 g/mol. The second-order valence-electron chi connectivity index (χ2n) is 10.0. The number of fused-ring (bicyclic) bond motifs is 5. The van der Waals surface area contributed by atoms with E-state index in [0.717, 1.165) is 44.2 Å².